The van der Waals surface area contributed by atoms with Gasteiger partial charge in [-0.05, 0) is 61.9 Å². The number of nitrogens with zero attached hydrogens (tertiary/aromatic N) is 2. The lowest BCUT2D eigenvalue weighted by Crippen LogP contribution is -2.52. The van der Waals surface area contributed by atoms with Crippen molar-refractivity contribution in [3.63, 3.8) is 0 Å². The number of halogens is 1. The third kappa shape index (κ3) is 5.78. The molecule has 2 amide bonds. The number of primary amides is 1. The molecule has 150 valence electrons. The third-order valence-electron chi connectivity index (χ3n) is 4.94. The van der Waals surface area contributed by atoms with E-state index in [1.165, 1.54) is 5.69 Å². The van der Waals surface area contributed by atoms with Crippen molar-refractivity contribution >= 4 is 29.0 Å². The first-order chi connectivity index (χ1) is 13.5. The molecule has 0 spiro atoms. The number of nitrogens with two attached hydrogens (primary N) is 1. The molecule has 28 heavy (non-hydrogen) atoms. The molecule has 0 bridgehead atoms. The smallest absolute Gasteiger partial charge is 0.316 e. The molecule has 6 nitrogen and oxygen atoms in total. The number of carbonyl (C=O) groups excluding carboxylic acids is 1. The average molecular weight is 403 g/mol. The van der Waals surface area contributed by atoms with E-state index in [9.17, 15) is 4.79 Å². The van der Waals surface area contributed by atoms with E-state index in [1.807, 2.05) is 24.3 Å². The molecule has 1 atom stereocenters. The van der Waals surface area contributed by atoms with Gasteiger partial charge in [0.2, 0.25) is 0 Å². The summed E-state index contributed by atoms with van der Waals surface area (Å²) in [6, 6.07) is 15.2. The van der Waals surface area contributed by atoms with E-state index < -0.39 is 6.03 Å². The molecule has 0 radical (unpaired) electrons. The molecular weight excluding hydrogens is 376 g/mol. The predicted octanol–water partition coefficient (Wildman–Crippen LogP) is 3.81. The Hall–Kier alpha value is -2.44. The van der Waals surface area contributed by atoms with E-state index in [1.54, 1.807) is 12.1 Å². The molecule has 1 fully saturated rings. The normalized spacial score (nSPS) is 17.4. The highest BCUT2D eigenvalue weighted by Crippen LogP contribution is 2.21. The van der Waals surface area contributed by atoms with Gasteiger partial charge in [0, 0.05) is 48.6 Å². The first-order valence-electron chi connectivity index (χ1n) is 9.55. The monoisotopic (exact) mass is 402 g/mol. The van der Waals surface area contributed by atoms with Crippen LogP contribution in [0.15, 0.2) is 48.5 Å². The van der Waals surface area contributed by atoms with Crippen molar-refractivity contribution in [1.82, 2.24) is 4.90 Å². The summed E-state index contributed by atoms with van der Waals surface area (Å²) in [4.78, 5) is 15.7. The fourth-order valence-electron chi connectivity index (χ4n) is 3.45. The summed E-state index contributed by atoms with van der Waals surface area (Å²) in [6.45, 7) is 7.01. The van der Waals surface area contributed by atoms with Crippen LogP contribution in [-0.4, -0.2) is 49.8 Å². The van der Waals surface area contributed by atoms with Crippen molar-refractivity contribution in [3.8, 4) is 5.75 Å². The van der Waals surface area contributed by atoms with E-state index in [-0.39, 0.29) is 0 Å². The lowest BCUT2D eigenvalue weighted by molar-refractivity contribution is 0.173. The van der Waals surface area contributed by atoms with Gasteiger partial charge in [0.05, 0.1) is 6.61 Å². The number of urea groups is 1. The molecule has 7 heteroatoms. The van der Waals surface area contributed by atoms with E-state index in [2.05, 4.69) is 34.2 Å². The highest BCUT2D eigenvalue weighted by molar-refractivity contribution is 6.30. The summed E-state index contributed by atoms with van der Waals surface area (Å²) in [5, 5.41) is 3.30. The van der Waals surface area contributed by atoms with E-state index in [4.69, 9.17) is 22.1 Å². The minimum atomic E-state index is -0.570. The molecule has 0 unspecified atom stereocenters. The topological polar surface area (TPSA) is 70.8 Å². The second-order valence-corrected chi connectivity index (χ2v) is 7.46. The summed E-state index contributed by atoms with van der Waals surface area (Å²) >= 11 is 5.98. The van der Waals surface area contributed by atoms with Crippen molar-refractivity contribution in [2.75, 3.05) is 43.0 Å². The van der Waals surface area contributed by atoms with Crippen LogP contribution in [0.25, 0.3) is 0 Å². The Bertz CT molecular complexity index is 767. The third-order valence-corrected chi connectivity index (χ3v) is 5.19. The highest BCUT2D eigenvalue weighted by Gasteiger charge is 2.23. The number of anilines is 2. The van der Waals surface area contributed by atoms with Crippen LogP contribution in [-0.2, 0) is 0 Å². The first kappa shape index (κ1) is 20.3. The number of rotatable bonds is 7. The van der Waals surface area contributed by atoms with Crippen LogP contribution in [0.4, 0.5) is 16.2 Å². The Labute approximate surface area is 171 Å². The van der Waals surface area contributed by atoms with Crippen LogP contribution < -0.4 is 20.7 Å². The Morgan fingerprint density at radius 3 is 2.54 bits per heavy atom. The van der Waals surface area contributed by atoms with Gasteiger partial charge in [-0.3, -0.25) is 4.90 Å². The SMILES string of the molecule is C[C@@H]1CN(c2ccc(Cl)cc2)CCN1CCCOc1ccc(NC(N)=O)cc1. The molecule has 3 rings (SSSR count). The van der Waals surface area contributed by atoms with Crippen LogP contribution in [0.5, 0.6) is 5.75 Å². The number of nitrogens with one attached hydrogen (secondary N) is 1. The second-order valence-electron chi connectivity index (χ2n) is 7.02. The van der Waals surface area contributed by atoms with Crippen LogP contribution in [0.2, 0.25) is 5.02 Å². The lowest BCUT2D eigenvalue weighted by Gasteiger charge is -2.41. The molecular formula is C21H27ClN4O2. The number of carbonyl (C=O) groups is 1. The van der Waals surface area contributed by atoms with Crippen molar-refractivity contribution in [1.29, 1.82) is 0 Å². The van der Waals surface area contributed by atoms with Gasteiger partial charge in [0.15, 0.2) is 0 Å². The Morgan fingerprint density at radius 2 is 1.89 bits per heavy atom. The van der Waals surface area contributed by atoms with Crippen LogP contribution in [0.3, 0.4) is 0 Å². The molecule has 3 N–H and O–H groups in total. The average Bonchev–Trinajstić information content (AvgIpc) is 2.67. The maximum atomic E-state index is 10.8. The van der Waals surface area contributed by atoms with Gasteiger partial charge in [-0.15, -0.1) is 0 Å². The Kier molecular flexibility index (Phi) is 7.01. The minimum Gasteiger partial charge on any atom is -0.494 e. The fraction of sp³-hybridized carbons (Fsp3) is 0.381. The first-order valence-corrected chi connectivity index (χ1v) is 9.93. The summed E-state index contributed by atoms with van der Waals surface area (Å²) < 4.78 is 5.80. The van der Waals surface area contributed by atoms with Gasteiger partial charge in [0.25, 0.3) is 0 Å². The summed E-state index contributed by atoms with van der Waals surface area (Å²) in [6.07, 6.45) is 0.965. The highest BCUT2D eigenvalue weighted by atomic mass is 35.5. The maximum Gasteiger partial charge on any atom is 0.316 e. The molecule has 0 aliphatic carbocycles. The van der Waals surface area contributed by atoms with Gasteiger partial charge >= 0.3 is 6.03 Å². The number of hydrogen-bond donors (Lipinski definition) is 2. The van der Waals surface area contributed by atoms with Crippen LogP contribution >= 0.6 is 11.6 Å². The molecule has 1 aliphatic rings. The van der Waals surface area contributed by atoms with Gasteiger partial charge < -0.3 is 20.7 Å². The quantitative estimate of drug-likeness (QED) is 0.691. The predicted molar refractivity (Wildman–Crippen MR) is 114 cm³/mol. The number of ether oxygens (including phenoxy) is 1. The zero-order valence-electron chi connectivity index (χ0n) is 16.1. The minimum absolute atomic E-state index is 0.489. The number of amides is 2. The number of hydrogen-bond acceptors (Lipinski definition) is 4. The van der Waals surface area contributed by atoms with Crippen LogP contribution in [0.1, 0.15) is 13.3 Å². The zero-order valence-corrected chi connectivity index (χ0v) is 16.9. The van der Waals surface area contributed by atoms with Gasteiger partial charge in [0.1, 0.15) is 5.75 Å². The van der Waals surface area contributed by atoms with Crippen molar-refractivity contribution < 1.29 is 9.53 Å². The molecule has 1 saturated heterocycles. The van der Waals surface area contributed by atoms with Gasteiger partial charge in [-0.25, -0.2) is 4.79 Å². The summed E-state index contributed by atoms with van der Waals surface area (Å²) in [5.41, 5.74) is 6.99. The summed E-state index contributed by atoms with van der Waals surface area (Å²) in [7, 11) is 0. The van der Waals surface area contributed by atoms with E-state index >= 15 is 0 Å². The fourth-order valence-corrected chi connectivity index (χ4v) is 3.57. The van der Waals surface area contributed by atoms with Gasteiger partial charge in [-0.1, -0.05) is 11.6 Å². The molecule has 1 heterocycles. The van der Waals surface area contributed by atoms with E-state index in [0.29, 0.717) is 18.3 Å². The van der Waals surface area contributed by atoms with Crippen molar-refractivity contribution in [2.45, 2.75) is 19.4 Å². The summed E-state index contributed by atoms with van der Waals surface area (Å²) in [5.74, 6) is 0.788. The maximum absolute atomic E-state index is 10.8. The Morgan fingerprint density at radius 1 is 1.18 bits per heavy atom. The number of piperazine rings is 1. The van der Waals surface area contributed by atoms with Gasteiger partial charge in [-0.2, -0.15) is 0 Å². The van der Waals surface area contributed by atoms with Crippen molar-refractivity contribution in [2.24, 2.45) is 5.73 Å². The zero-order chi connectivity index (χ0) is 19.9. The van der Waals surface area contributed by atoms with E-state index in [0.717, 1.165) is 43.4 Å². The van der Waals surface area contributed by atoms with Crippen LogP contribution in [0, 0.1) is 0 Å². The molecule has 1 aliphatic heterocycles. The molecule has 0 saturated carbocycles. The lowest BCUT2D eigenvalue weighted by atomic mass is 10.1. The standard InChI is InChI=1S/C21H27ClN4O2/c1-16-15-26(19-7-3-17(22)4-8-19)13-12-25(16)11-2-14-28-20-9-5-18(6-10-20)24-21(23)27/h3-10,16H,2,11-15H2,1H3,(H3,23,24,27)/t16-/m1/s1. The second kappa shape index (κ2) is 9.66. The molecule has 2 aromatic rings. The molecule has 0 aromatic heterocycles. The largest absolute Gasteiger partial charge is 0.494 e. The van der Waals surface area contributed by atoms with Crippen molar-refractivity contribution in [3.05, 3.63) is 53.6 Å². The Balaban J connectivity index is 1.38. The number of benzene rings is 2. The molecule has 2 aromatic carbocycles.